The van der Waals surface area contributed by atoms with Gasteiger partial charge in [0, 0.05) is 13.7 Å². The van der Waals surface area contributed by atoms with E-state index in [1.54, 1.807) is 27.0 Å². The topological polar surface area (TPSA) is 67.4 Å². The van der Waals surface area contributed by atoms with Crippen molar-refractivity contribution in [1.82, 2.24) is 10.0 Å². The van der Waals surface area contributed by atoms with Crippen LogP contribution in [0.3, 0.4) is 0 Å². The lowest BCUT2D eigenvalue weighted by Gasteiger charge is -2.24. The predicted octanol–water partition coefficient (Wildman–Crippen LogP) is 1.95. The Morgan fingerprint density at radius 1 is 1.40 bits per heavy atom. The van der Waals surface area contributed by atoms with Gasteiger partial charge in [-0.25, -0.2) is 13.1 Å². The van der Waals surface area contributed by atoms with Gasteiger partial charge in [-0.15, -0.1) is 11.3 Å². The Morgan fingerprint density at radius 3 is 2.70 bits per heavy atom. The summed E-state index contributed by atoms with van der Waals surface area (Å²) in [5.74, 6) is 0. The van der Waals surface area contributed by atoms with E-state index in [0.717, 1.165) is 18.5 Å². The molecule has 2 N–H and O–H groups in total. The SMILES string of the molecule is CCCNCc1csc(S(=O)(=O)NC(C)(C)COC)c1. The van der Waals surface area contributed by atoms with E-state index in [1.807, 2.05) is 5.38 Å². The highest BCUT2D eigenvalue weighted by atomic mass is 32.2. The highest BCUT2D eigenvalue weighted by Crippen LogP contribution is 2.21. The molecule has 0 atom stereocenters. The lowest BCUT2D eigenvalue weighted by atomic mass is 10.1. The number of ether oxygens (including phenoxy) is 1. The minimum Gasteiger partial charge on any atom is -0.383 e. The van der Waals surface area contributed by atoms with E-state index in [2.05, 4.69) is 17.0 Å². The van der Waals surface area contributed by atoms with E-state index in [-0.39, 0.29) is 0 Å². The molecule has 0 unspecified atom stereocenters. The summed E-state index contributed by atoms with van der Waals surface area (Å²) in [6, 6.07) is 1.72. The van der Waals surface area contributed by atoms with Gasteiger partial charge in [0.05, 0.1) is 12.1 Å². The number of hydrogen-bond donors (Lipinski definition) is 2. The lowest BCUT2D eigenvalue weighted by molar-refractivity contribution is 0.141. The van der Waals surface area contributed by atoms with Gasteiger partial charge in [0.15, 0.2) is 0 Å². The summed E-state index contributed by atoms with van der Waals surface area (Å²) in [6.07, 6.45) is 1.06. The Hall–Kier alpha value is -0.470. The van der Waals surface area contributed by atoms with Crippen LogP contribution in [0.1, 0.15) is 32.8 Å². The molecular weight excluding hydrogens is 296 g/mol. The van der Waals surface area contributed by atoms with Crippen molar-refractivity contribution in [3.8, 4) is 0 Å². The van der Waals surface area contributed by atoms with E-state index in [9.17, 15) is 8.42 Å². The van der Waals surface area contributed by atoms with E-state index in [0.29, 0.717) is 17.4 Å². The quantitative estimate of drug-likeness (QED) is 0.683. The normalized spacial score (nSPS) is 12.8. The maximum absolute atomic E-state index is 12.3. The Bertz CT molecular complexity index is 509. The number of thiophene rings is 1. The van der Waals surface area contributed by atoms with E-state index in [4.69, 9.17) is 4.74 Å². The van der Waals surface area contributed by atoms with E-state index in [1.165, 1.54) is 11.3 Å². The molecule has 5 nitrogen and oxygen atoms in total. The van der Waals surface area contributed by atoms with Crippen molar-refractivity contribution in [2.45, 2.75) is 43.5 Å². The summed E-state index contributed by atoms with van der Waals surface area (Å²) in [6.45, 7) is 7.63. The average molecular weight is 320 g/mol. The first-order valence-corrected chi connectivity index (χ1v) is 8.98. The number of hydrogen-bond acceptors (Lipinski definition) is 5. The molecule has 0 fully saturated rings. The molecule has 7 heteroatoms. The van der Waals surface area contributed by atoms with Gasteiger partial charge < -0.3 is 10.1 Å². The molecule has 1 heterocycles. The van der Waals surface area contributed by atoms with Crippen LogP contribution in [0.4, 0.5) is 0 Å². The summed E-state index contributed by atoms with van der Waals surface area (Å²) < 4.78 is 32.6. The van der Waals surface area contributed by atoms with Gasteiger partial charge in [-0.3, -0.25) is 0 Å². The van der Waals surface area contributed by atoms with Gasteiger partial charge in [-0.05, 0) is 43.8 Å². The molecule has 0 aliphatic heterocycles. The van der Waals surface area contributed by atoms with Crippen LogP contribution >= 0.6 is 11.3 Å². The number of sulfonamides is 1. The summed E-state index contributed by atoms with van der Waals surface area (Å²) in [5.41, 5.74) is 0.367. The summed E-state index contributed by atoms with van der Waals surface area (Å²) in [7, 11) is -1.93. The molecule has 1 aromatic rings. The van der Waals surface area contributed by atoms with Gasteiger partial charge in [0.25, 0.3) is 10.0 Å². The van der Waals surface area contributed by atoms with E-state index < -0.39 is 15.6 Å². The van der Waals surface area contributed by atoms with Crippen molar-refractivity contribution in [2.24, 2.45) is 0 Å². The second kappa shape index (κ2) is 7.51. The molecule has 0 spiro atoms. The zero-order chi connectivity index (χ0) is 15.2. The lowest BCUT2D eigenvalue weighted by Crippen LogP contribution is -2.46. The first-order valence-electron chi connectivity index (χ1n) is 6.62. The van der Waals surface area contributed by atoms with Crippen LogP contribution in [0.5, 0.6) is 0 Å². The third-order valence-electron chi connectivity index (χ3n) is 2.57. The van der Waals surface area contributed by atoms with Crippen molar-refractivity contribution in [3.05, 3.63) is 17.0 Å². The second-order valence-electron chi connectivity index (χ2n) is 5.37. The molecule has 116 valence electrons. The molecule has 0 bridgehead atoms. The van der Waals surface area contributed by atoms with Crippen molar-refractivity contribution in [2.75, 3.05) is 20.3 Å². The maximum Gasteiger partial charge on any atom is 0.250 e. The van der Waals surface area contributed by atoms with Gasteiger partial charge in [-0.2, -0.15) is 0 Å². The molecular formula is C13H24N2O3S2. The Labute approximate surface area is 125 Å². The number of nitrogens with one attached hydrogen (secondary N) is 2. The minimum absolute atomic E-state index is 0.322. The molecule has 1 rings (SSSR count). The molecule has 20 heavy (non-hydrogen) atoms. The van der Waals surface area contributed by atoms with Gasteiger partial charge in [-0.1, -0.05) is 6.92 Å². The largest absolute Gasteiger partial charge is 0.383 e. The summed E-state index contributed by atoms with van der Waals surface area (Å²) >= 11 is 1.24. The fourth-order valence-electron chi connectivity index (χ4n) is 1.80. The molecule has 0 amide bonds. The molecule has 0 aromatic carbocycles. The zero-order valence-corrected chi connectivity index (χ0v) is 14.2. The van der Waals surface area contributed by atoms with Crippen molar-refractivity contribution < 1.29 is 13.2 Å². The van der Waals surface area contributed by atoms with Crippen LogP contribution in [0.15, 0.2) is 15.7 Å². The van der Waals surface area contributed by atoms with Crippen LogP contribution in [0.2, 0.25) is 0 Å². The van der Waals surface area contributed by atoms with Crippen LogP contribution in [-0.2, 0) is 21.3 Å². The number of methoxy groups -OCH3 is 1. The first-order chi connectivity index (χ1) is 9.30. The molecule has 0 saturated carbocycles. The second-order valence-corrected chi connectivity index (χ2v) is 8.19. The van der Waals surface area contributed by atoms with Crippen molar-refractivity contribution >= 4 is 21.4 Å². The minimum atomic E-state index is -3.49. The summed E-state index contributed by atoms with van der Waals surface area (Å²) in [4.78, 5) is 0. The Morgan fingerprint density at radius 2 is 2.10 bits per heavy atom. The van der Waals surface area contributed by atoms with Crippen LogP contribution in [0.25, 0.3) is 0 Å². The summed E-state index contributed by atoms with van der Waals surface area (Å²) in [5, 5.41) is 5.13. The fraction of sp³-hybridized carbons (Fsp3) is 0.692. The average Bonchev–Trinajstić information content (AvgIpc) is 2.77. The third-order valence-corrected chi connectivity index (χ3v) is 5.75. The number of rotatable bonds is 9. The van der Waals surface area contributed by atoms with Gasteiger partial charge >= 0.3 is 0 Å². The predicted molar refractivity (Wildman–Crippen MR) is 82.6 cm³/mol. The van der Waals surface area contributed by atoms with Gasteiger partial charge in [0.2, 0.25) is 0 Å². The van der Waals surface area contributed by atoms with Gasteiger partial charge in [0.1, 0.15) is 4.21 Å². The highest BCUT2D eigenvalue weighted by molar-refractivity contribution is 7.91. The van der Waals surface area contributed by atoms with Crippen molar-refractivity contribution in [1.29, 1.82) is 0 Å². The van der Waals surface area contributed by atoms with Crippen LogP contribution in [-0.4, -0.2) is 34.2 Å². The highest BCUT2D eigenvalue weighted by Gasteiger charge is 2.27. The molecule has 1 aromatic heterocycles. The molecule has 0 saturated heterocycles. The van der Waals surface area contributed by atoms with Crippen LogP contribution in [0, 0.1) is 0 Å². The van der Waals surface area contributed by atoms with Crippen LogP contribution < -0.4 is 10.0 Å². The maximum atomic E-state index is 12.3. The first kappa shape index (κ1) is 17.6. The molecule has 0 radical (unpaired) electrons. The Balaban J connectivity index is 2.73. The fourth-order valence-corrected chi connectivity index (χ4v) is 4.41. The third kappa shape index (κ3) is 5.49. The van der Waals surface area contributed by atoms with E-state index >= 15 is 0 Å². The smallest absolute Gasteiger partial charge is 0.250 e. The zero-order valence-electron chi connectivity index (χ0n) is 12.5. The van der Waals surface area contributed by atoms with Crippen molar-refractivity contribution in [3.63, 3.8) is 0 Å². The molecule has 0 aliphatic carbocycles. The monoisotopic (exact) mass is 320 g/mol. The molecule has 0 aliphatic rings. The Kier molecular flexibility index (Phi) is 6.60. The standard InChI is InChI=1S/C13H24N2O3S2/c1-5-6-14-8-11-7-12(19-9-11)20(16,17)15-13(2,3)10-18-4/h7,9,14-15H,5-6,8,10H2,1-4H3.